The summed E-state index contributed by atoms with van der Waals surface area (Å²) in [6.45, 7) is 8.13. The Bertz CT molecular complexity index is 449. The van der Waals surface area contributed by atoms with Gasteiger partial charge in [0.2, 0.25) is 0 Å². The Morgan fingerprint density at radius 3 is 2.74 bits per heavy atom. The summed E-state index contributed by atoms with van der Waals surface area (Å²) in [5.41, 5.74) is -0.0313. The van der Waals surface area contributed by atoms with Crippen molar-refractivity contribution < 1.29 is 0 Å². The highest BCUT2D eigenvalue weighted by Gasteiger charge is 2.10. The van der Waals surface area contributed by atoms with Crippen molar-refractivity contribution in [2.24, 2.45) is 0 Å². The molecule has 0 aliphatic carbocycles. The zero-order valence-corrected chi connectivity index (χ0v) is 11.9. The Labute approximate surface area is 114 Å². The van der Waals surface area contributed by atoms with Crippen molar-refractivity contribution in [1.82, 2.24) is 14.5 Å². The molecule has 1 fully saturated rings. The highest BCUT2D eigenvalue weighted by molar-refractivity contribution is 5.30. The minimum atomic E-state index is -0.0313. The van der Waals surface area contributed by atoms with E-state index in [0.717, 1.165) is 13.1 Å². The molecule has 1 aliphatic rings. The van der Waals surface area contributed by atoms with Crippen LogP contribution >= 0.6 is 0 Å². The Kier molecular flexibility index (Phi) is 4.96. The summed E-state index contributed by atoms with van der Waals surface area (Å²) in [5.74, 6) is 0.466. The van der Waals surface area contributed by atoms with Crippen molar-refractivity contribution in [2.45, 2.75) is 39.2 Å². The second-order valence-corrected chi connectivity index (χ2v) is 5.41. The van der Waals surface area contributed by atoms with E-state index in [2.05, 4.69) is 15.2 Å². The van der Waals surface area contributed by atoms with Gasteiger partial charge in [0, 0.05) is 31.5 Å². The van der Waals surface area contributed by atoms with E-state index in [4.69, 9.17) is 0 Å². The third kappa shape index (κ3) is 3.80. The van der Waals surface area contributed by atoms with Gasteiger partial charge in [-0.15, -0.1) is 0 Å². The molecule has 19 heavy (non-hydrogen) atoms. The number of hydrogen-bond donors (Lipinski definition) is 1. The molecule has 0 saturated carbocycles. The van der Waals surface area contributed by atoms with E-state index in [1.165, 1.54) is 32.4 Å². The van der Waals surface area contributed by atoms with Crippen LogP contribution in [0.2, 0.25) is 0 Å². The lowest BCUT2D eigenvalue weighted by Crippen LogP contribution is -2.35. The quantitative estimate of drug-likeness (QED) is 0.880. The number of aromatic nitrogens is 2. The summed E-state index contributed by atoms with van der Waals surface area (Å²) < 4.78 is 1.70. The highest BCUT2D eigenvalue weighted by Crippen LogP contribution is 2.07. The summed E-state index contributed by atoms with van der Waals surface area (Å²) in [6, 6.07) is 0.165. The zero-order valence-electron chi connectivity index (χ0n) is 11.9. The molecule has 0 amide bonds. The van der Waals surface area contributed by atoms with E-state index in [-0.39, 0.29) is 11.6 Å². The molecule has 0 aromatic carbocycles. The van der Waals surface area contributed by atoms with Crippen LogP contribution in [0, 0.1) is 0 Å². The Morgan fingerprint density at radius 2 is 2.05 bits per heavy atom. The van der Waals surface area contributed by atoms with Crippen LogP contribution in [0.5, 0.6) is 0 Å². The summed E-state index contributed by atoms with van der Waals surface area (Å²) in [7, 11) is 0. The molecular formula is C14H24N4O. The molecule has 0 spiro atoms. The van der Waals surface area contributed by atoms with Crippen LogP contribution in [0.1, 0.15) is 39.2 Å². The van der Waals surface area contributed by atoms with Crippen molar-refractivity contribution in [3.63, 3.8) is 0 Å². The molecule has 5 nitrogen and oxygen atoms in total. The van der Waals surface area contributed by atoms with Crippen LogP contribution in [0.3, 0.4) is 0 Å². The van der Waals surface area contributed by atoms with Crippen molar-refractivity contribution >= 4 is 5.82 Å². The van der Waals surface area contributed by atoms with Gasteiger partial charge in [0.1, 0.15) is 0 Å². The maximum atomic E-state index is 12.1. The second-order valence-electron chi connectivity index (χ2n) is 5.41. The molecule has 2 rings (SSSR count). The molecule has 0 radical (unpaired) electrons. The van der Waals surface area contributed by atoms with Crippen LogP contribution in [0.15, 0.2) is 17.2 Å². The molecule has 5 heteroatoms. The van der Waals surface area contributed by atoms with Gasteiger partial charge in [-0.2, -0.15) is 0 Å². The topological polar surface area (TPSA) is 50.2 Å². The minimum absolute atomic E-state index is 0.0313. The molecule has 1 saturated heterocycles. The van der Waals surface area contributed by atoms with E-state index >= 15 is 0 Å². The first-order valence-corrected chi connectivity index (χ1v) is 7.22. The molecule has 1 N–H and O–H groups in total. The largest absolute Gasteiger partial charge is 0.364 e. The van der Waals surface area contributed by atoms with Crippen LogP contribution in [0.25, 0.3) is 0 Å². The molecule has 0 unspecified atom stereocenters. The number of nitrogens with one attached hydrogen (secondary N) is 1. The van der Waals surface area contributed by atoms with Gasteiger partial charge in [0.15, 0.2) is 5.82 Å². The fraction of sp³-hybridized carbons (Fsp3) is 0.714. The van der Waals surface area contributed by atoms with E-state index in [1.807, 2.05) is 13.8 Å². The lowest BCUT2D eigenvalue weighted by atomic mass is 10.1. The Balaban J connectivity index is 1.89. The number of hydrogen-bond acceptors (Lipinski definition) is 4. The van der Waals surface area contributed by atoms with E-state index in [1.54, 1.807) is 17.0 Å². The van der Waals surface area contributed by atoms with Gasteiger partial charge >= 0.3 is 0 Å². The maximum Gasteiger partial charge on any atom is 0.293 e. The Morgan fingerprint density at radius 1 is 1.32 bits per heavy atom. The first kappa shape index (κ1) is 14.1. The maximum absolute atomic E-state index is 12.1. The number of rotatable bonds is 5. The highest BCUT2D eigenvalue weighted by atomic mass is 16.1. The first-order chi connectivity index (χ1) is 9.18. The fourth-order valence-corrected chi connectivity index (χ4v) is 2.47. The predicted octanol–water partition coefficient (Wildman–Crippen LogP) is 1.72. The van der Waals surface area contributed by atoms with Gasteiger partial charge in [-0.1, -0.05) is 6.42 Å². The minimum Gasteiger partial charge on any atom is -0.364 e. The van der Waals surface area contributed by atoms with Gasteiger partial charge in [-0.05, 0) is 39.8 Å². The average Bonchev–Trinajstić information content (AvgIpc) is 2.41. The fourth-order valence-electron chi connectivity index (χ4n) is 2.47. The lowest BCUT2D eigenvalue weighted by Gasteiger charge is -2.26. The molecule has 1 aliphatic heterocycles. The second kappa shape index (κ2) is 6.70. The number of nitrogens with zero attached hydrogens (tertiary/aromatic N) is 3. The number of anilines is 1. The zero-order chi connectivity index (χ0) is 13.7. The van der Waals surface area contributed by atoms with Gasteiger partial charge < -0.3 is 14.8 Å². The van der Waals surface area contributed by atoms with E-state index in [0.29, 0.717) is 5.82 Å². The molecule has 1 aromatic heterocycles. The molecular weight excluding hydrogens is 240 g/mol. The summed E-state index contributed by atoms with van der Waals surface area (Å²) in [6.07, 6.45) is 7.37. The van der Waals surface area contributed by atoms with Crippen LogP contribution in [-0.4, -0.2) is 40.6 Å². The van der Waals surface area contributed by atoms with Crippen molar-refractivity contribution in [1.29, 1.82) is 0 Å². The summed E-state index contributed by atoms with van der Waals surface area (Å²) >= 11 is 0. The normalized spacial score (nSPS) is 16.8. The van der Waals surface area contributed by atoms with Gasteiger partial charge in [0.05, 0.1) is 0 Å². The molecule has 106 valence electrons. The van der Waals surface area contributed by atoms with Gasteiger partial charge in [-0.3, -0.25) is 4.79 Å². The number of likely N-dealkylation sites (tertiary alicyclic amines) is 1. The van der Waals surface area contributed by atoms with Gasteiger partial charge in [-0.25, -0.2) is 4.98 Å². The smallest absolute Gasteiger partial charge is 0.293 e. The average molecular weight is 264 g/mol. The van der Waals surface area contributed by atoms with E-state index in [9.17, 15) is 4.79 Å². The molecule has 2 heterocycles. The van der Waals surface area contributed by atoms with Crippen LogP contribution in [-0.2, 0) is 0 Å². The van der Waals surface area contributed by atoms with Crippen molar-refractivity contribution in [3.8, 4) is 0 Å². The predicted molar refractivity (Wildman–Crippen MR) is 77.7 cm³/mol. The Hall–Kier alpha value is -1.36. The SMILES string of the molecule is CC(C)n1ccnc(NCCN2CCCCC2)c1=O. The van der Waals surface area contributed by atoms with Crippen molar-refractivity contribution in [3.05, 3.63) is 22.7 Å². The lowest BCUT2D eigenvalue weighted by molar-refractivity contribution is 0.237. The monoisotopic (exact) mass is 264 g/mol. The first-order valence-electron chi connectivity index (χ1n) is 7.22. The van der Waals surface area contributed by atoms with Crippen LogP contribution < -0.4 is 10.9 Å². The third-order valence-corrected chi connectivity index (χ3v) is 3.59. The standard InChI is InChI=1S/C14H24N4O/c1-12(2)18-11-7-16-13(14(18)19)15-6-10-17-8-4-3-5-9-17/h7,11-12H,3-6,8-10H2,1-2H3,(H,15,16). The summed E-state index contributed by atoms with van der Waals surface area (Å²) in [5, 5.41) is 3.17. The van der Waals surface area contributed by atoms with Gasteiger partial charge in [0.25, 0.3) is 5.56 Å². The third-order valence-electron chi connectivity index (χ3n) is 3.59. The van der Waals surface area contributed by atoms with E-state index < -0.39 is 0 Å². The number of piperidine rings is 1. The molecule has 0 bridgehead atoms. The van der Waals surface area contributed by atoms with Crippen LogP contribution in [0.4, 0.5) is 5.82 Å². The molecule has 0 atom stereocenters. The summed E-state index contributed by atoms with van der Waals surface area (Å²) in [4.78, 5) is 18.7. The van der Waals surface area contributed by atoms with Crippen molar-refractivity contribution in [2.75, 3.05) is 31.5 Å². The molecule has 1 aromatic rings.